The minimum absolute atomic E-state index is 0.728. The molecule has 0 radical (unpaired) electrons. The summed E-state index contributed by atoms with van der Waals surface area (Å²) in [5.41, 5.74) is 0.932. The summed E-state index contributed by atoms with van der Waals surface area (Å²) in [6.07, 6.45) is 1.68. The highest BCUT2D eigenvalue weighted by atomic mass is 32.1. The van der Waals surface area contributed by atoms with Crippen LogP contribution in [0.2, 0.25) is 0 Å². The van der Waals surface area contributed by atoms with Gasteiger partial charge in [-0.05, 0) is 6.92 Å². The van der Waals surface area contributed by atoms with E-state index in [0.717, 1.165) is 11.4 Å². The highest BCUT2D eigenvalue weighted by Crippen LogP contribution is 2.10. The van der Waals surface area contributed by atoms with E-state index >= 15 is 0 Å². The van der Waals surface area contributed by atoms with E-state index in [0.29, 0.717) is 0 Å². The lowest BCUT2D eigenvalue weighted by atomic mass is 10.4. The number of hydrogen-bond acceptors (Lipinski definition) is 3. The van der Waals surface area contributed by atoms with Gasteiger partial charge in [-0.2, -0.15) is 0 Å². The standard InChI is InChI=1S/C6H7NOS/c1-5-4-6(8-9)2-3-7-5/h2-4,9H,1H3. The smallest absolute Gasteiger partial charge is 0.140 e. The van der Waals surface area contributed by atoms with E-state index in [2.05, 4.69) is 22.1 Å². The van der Waals surface area contributed by atoms with Gasteiger partial charge in [0.2, 0.25) is 0 Å². The molecule has 0 aliphatic carbocycles. The summed E-state index contributed by atoms with van der Waals surface area (Å²) in [5.74, 6) is 0.728. The van der Waals surface area contributed by atoms with E-state index in [9.17, 15) is 0 Å². The quantitative estimate of drug-likeness (QED) is 0.474. The van der Waals surface area contributed by atoms with Gasteiger partial charge in [0.1, 0.15) is 5.75 Å². The van der Waals surface area contributed by atoms with Crippen molar-refractivity contribution in [1.82, 2.24) is 4.98 Å². The van der Waals surface area contributed by atoms with E-state index in [1.165, 1.54) is 0 Å². The molecule has 0 amide bonds. The van der Waals surface area contributed by atoms with Crippen LogP contribution in [-0.2, 0) is 0 Å². The summed E-state index contributed by atoms with van der Waals surface area (Å²) >= 11 is 3.63. The van der Waals surface area contributed by atoms with Gasteiger partial charge >= 0.3 is 0 Å². The Morgan fingerprint density at radius 1 is 1.67 bits per heavy atom. The SMILES string of the molecule is Cc1cc(OS)ccn1. The van der Waals surface area contributed by atoms with Gasteiger partial charge in [-0.1, -0.05) is 0 Å². The number of thiol groups is 1. The summed E-state index contributed by atoms with van der Waals surface area (Å²) in [6.45, 7) is 1.90. The third-order valence-electron chi connectivity index (χ3n) is 0.974. The first-order valence-electron chi connectivity index (χ1n) is 2.57. The summed E-state index contributed by atoms with van der Waals surface area (Å²) in [4.78, 5) is 3.97. The molecule has 0 aliphatic rings. The second kappa shape index (κ2) is 2.73. The number of aryl methyl sites for hydroxylation is 1. The first kappa shape index (κ1) is 6.42. The zero-order valence-electron chi connectivity index (χ0n) is 5.03. The van der Waals surface area contributed by atoms with Crippen LogP contribution < -0.4 is 4.18 Å². The molecule has 1 aromatic heterocycles. The fourth-order valence-corrected chi connectivity index (χ4v) is 0.690. The molecule has 0 fully saturated rings. The van der Waals surface area contributed by atoms with E-state index in [-0.39, 0.29) is 0 Å². The van der Waals surface area contributed by atoms with Gasteiger partial charge in [0.05, 0.1) is 0 Å². The van der Waals surface area contributed by atoms with E-state index in [1.807, 2.05) is 13.0 Å². The average Bonchev–Trinajstić information content (AvgIpc) is 1.88. The minimum atomic E-state index is 0.728. The summed E-state index contributed by atoms with van der Waals surface area (Å²) < 4.78 is 4.65. The van der Waals surface area contributed by atoms with Crippen molar-refractivity contribution < 1.29 is 4.18 Å². The van der Waals surface area contributed by atoms with Crippen molar-refractivity contribution in [2.24, 2.45) is 0 Å². The number of aromatic nitrogens is 1. The largest absolute Gasteiger partial charge is 0.429 e. The van der Waals surface area contributed by atoms with Crippen LogP contribution >= 0.6 is 12.9 Å². The Bertz CT molecular complexity index is 202. The Morgan fingerprint density at radius 2 is 2.44 bits per heavy atom. The molecule has 9 heavy (non-hydrogen) atoms. The second-order valence-electron chi connectivity index (χ2n) is 1.72. The minimum Gasteiger partial charge on any atom is -0.429 e. The molecule has 0 saturated heterocycles. The number of pyridine rings is 1. The predicted octanol–water partition coefficient (Wildman–Crippen LogP) is 1.61. The highest BCUT2D eigenvalue weighted by molar-refractivity contribution is 7.75. The van der Waals surface area contributed by atoms with E-state index in [1.54, 1.807) is 12.3 Å². The molecule has 48 valence electrons. The lowest BCUT2D eigenvalue weighted by Crippen LogP contribution is -1.79. The molecule has 0 atom stereocenters. The summed E-state index contributed by atoms with van der Waals surface area (Å²) in [7, 11) is 0. The zero-order valence-corrected chi connectivity index (χ0v) is 5.93. The van der Waals surface area contributed by atoms with Crippen molar-refractivity contribution in [1.29, 1.82) is 0 Å². The number of hydrogen-bond donors (Lipinski definition) is 1. The van der Waals surface area contributed by atoms with Crippen molar-refractivity contribution in [3.8, 4) is 5.75 Å². The number of rotatable bonds is 1. The molecular formula is C6H7NOS. The van der Waals surface area contributed by atoms with Crippen molar-refractivity contribution in [3.63, 3.8) is 0 Å². The van der Waals surface area contributed by atoms with E-state index < -0.39 is 0 Å². The first-order chi connectivity index (χ1) is 4.33. The molecule has 1 aromatic rings. The highest BCUT2D eigenvalue weighted by Gasteiger charge is 1.88. The lowest BCUT2D eigenvalue weighted by molar-refractivity contribution is 0.656. The Labute approximate surface area is 59.5 Å². The fraction of sp³-hybridized carbons (Fsp3) is 0.167. The van der Waals surface area contributed by atoms with Gasteiger partial charge in [-0.15, -0.1) is 0 Å². The van der Waals surface area contributed by atoms with Crippen LogP contribution in [-0.4, -0.2) is 4.98 Å². The maximum Gasteiger partial charge on any atom is 0.140 e. The molecule has 0 spiro atoms. The molecule has 0 saturated carbocycles. The summed E-state index contributed by atoms with van der Waals surface area (Å²) in [6, 6.07) is 3.56. The second-order valence-corrected chi connectivity index (χ2v) is 1.91. The van der Waals surface area contributed by atoms with Crippen LogP contribution in [0, 0.1) is 6.92 Å². The van der Waals surface area contributed by atoms with Crippen LogP contribution in [0.5, 0.6) is 5.75 Å². The van der Waals surface area contributed by atoms with Gasteiger partial charge in [0.15, 0.2) is 0 Å². The van der Waals surface area contributed by atoms with Gasteiger partial charge in [0.25, 0.3) is 0 Å². The molecule has 0 aliphatic heterocycles. The van der Waals surface area contributed by atoms with Crippen molar-refractivity contribution in [2.45, 2.75) is 6.92 Å². The van der Waals surface area contributed by atoms with Crippen LogP contribution in [0.3, 0.4) is 0 Å². The average molecular weight is 141 g/mol. The third-order valence-corrected chi connectivity index (χ3v) is 1.18. The van der Waals surface area contributed by atoms with Crippen molar-refractivity contribution >= 4 is 12.9 Å². The van der Waals surface area contributed by atoms with Gasteiger partial charge in [-0.25, -0.2) is 0 Å². The fourth-order valence-electron chi connectivity index (χ4n) is 0.576. The first-order valence-corrected chi connectivity index (χ1v) is 2.93. The van der Waals surface area contributed by atoms with Crippen molar-refractivity contribution in [3.05, 3.63) is 24.0 Å². The molecule has 0 unspecified atom stereocenters. The Hall–Kier alpha value is -0.700. The third kappa shape index (κ3) is 1.61. The molecule has 1 rings (SSSR count). The van der Waals surface area contributed by atoms with Crippen LogP contribution in [0.1, 0.15) is 5.69 Å². The van der Waals surface area contributed by atoms with Crippen LogP contribution in [0.25, 0.3) is 0 Å². The lowest BCUT2D eigenvalue weighted by Gasteiger charge is -1.95. The van der Waals surface area contributed by atoms with Gasteiger partial charge in [-0.3, -0.25) is 4.98 Å². The molecule has 0 aromatic carbocycles. The Morgan fingerprint density at radius 3 is 2.89 bits per heavy atom. The molecule has 2 nitrogen and oxygen atoms in total. The van der Waals surface area contributed by atoms with E-state index in [4.69, 9.17) is 0 Å². The molecule has 0 N–H and O–H groups in total. The maximum absolute atomic E-state index is 4.65. The molecule has 3 heteroatoms. The Balaban J connectivity index is 2.94. The molecular weight excluding hydrogens is 134 g/mol. The summed E-state index contributed by atoms with van der Waals surface area (Å²) in [5, 5.41) is 0. The Kier molecular flexibility index (Phi) is 1.95. The normalized spacial score (nSPS) is 9.11. The molecule has 1 heterocycles. The molecule has 0 bridgehead atoms. The van der Waals surface area contributed by atoms with Crippen LogP contribution in [0.4, 0.5) is 0 Å². The predicted molar refractivity (Wildman–Crippen MR) is 38.6 cm³/mol. The monoisotopic (exact) mass is 141 g/mol. The number of nitrogens with zero attached hydrogens (tertiary/aromatic N) is 1. The van der Waals surface area contributed by atoms with Crippen LogP contribution in [0.15, 0.2) is 18.3 Å². The van der Waals surface area contributed by atoms with Gasteiger partial charge < -0.3 is 4.18 Å². The zero-order chi connectivity index (χ0) is 6.69. The van der Waals surface area contributed by atoms with Crippen molar-refractivity contribution in [2.75, 3.05) is 0 Å². The maximum atomic E-state index is 4.65. The topological polar surface area (TPSA) is 22.1 Å². The van der Waals surface area contributed by atoms with Gasteiger partial charge in [0, 0.05) is 36.9 Å².